The number of piperidine rings is 1. The molecule has 2 aliphatic heterocycles. The third-order valence-corrected chi connectivity index (χ3v) is 6.17. The molecule has 1 fully saturated rings. The van der Waals surface area contributed by atoms with Crippen molar-refractivity contribution in [3.63, 3.8) is 0 Å². The SMILES string of the molecule is C[C@@H]1Cc2cc([C@H](O)CN3CCC(O)(c4ccc(C(F)(F)F)cc4)CC3)ccc2O1. The first kappa shape index (κ1) is 21.2. The van der Waals surface area contributed by atoms with Crippen LogP contribution in [-0.2, 0) is 18.2 Å². The molecule has 162 valence electrons. The zero-order valence-electron chi connectivity index (χ0n) is 16.8. The predicted molar refractivity (Wildman–Crippen MR) is 106 cm³/mol. The van der Waals surface area contributed by atoms with Crippen molar-refractivity contribution in [2.24, 2.45) is 0 Å². The van der Waals surface area contributed by atoms with Gasteiger partial charge in [0, 0.05) is 26.1 Å². The number of halogens is 3. The van der Waals surface area contributed by atoms with Gasteiger partial charge in [0.05, 0.1) is 17.3 Å². The summed E-state index contributed by atoms with van der Waals surface area (Å²) in [6, 6.07) is 10.5. The summed E-state index contributed by atoms with van der Waals surface area (Å²) in [5, 5.41) is 21.6. The third-order valence-electron chi connectivity index (χ3n) is 6.17. The Balaban J connectivity index is 1.36. The van der Waals surface area contributed by atoms with E-state index < -0.39 is 23.4 Å². The number of aliphatic hydroxyl groups is 2. The number of hydrogen-bond acceptors (Lipinski definition) is 4. The number of rotatable bonds is 4. The molecule has 0 amide bonds. The topological polar surface area (TPSA) is 52.9 Å². The number of fused-ring (bicyclic) bond motifs is 1. The van der Waals surface area contributed by atoms with Crippen LogP contribution in [0.2, 0.25) is 0 Å². The van der Waals surface area contributed by atoms with E-state index >= 15 is 0 Å². The lowest BCUT2D eigenvalue weighted by molar-refractivity contribution is -0.137. The van der Waals surface area contributed by atoms with Crippen LogP contribution in [0.15, 0.2) is 42.5 Å². The second-order valence-corrected chi connectivity index (χ2v) is 8.42. The molecule has 30 heavy (non-hydrogen) atoms. The molecule has 0 radical (unpaired) electrons. The van der Waals surface area contributed by atoms with Gasteiger partial charge in [-0.25, -0.2) is 0 Å². The van der Waals surface area contributed by atoms with Crippen molar-refractivity contribution in [1.82, 2.24) is 4.90 Å². The summed E-state index contributed by atoms with van der Waals surface area (Å²) in [4.78, 5) is 2.08. The molecule has 4 rings (SSSR count). The Bertz CT molecular complexity index is 890. The summed E-state index contributed by atoms with van der Waals surface area (Å²) in [5.74, 6) is 0.873. The minimum absolute atomic E-state index is 0.150. The summed E-state index contributed by atoms with van der Waals surface area (Å²) in [5.41, 5.74) is 0.587. The van der Waals surface area contributed by atoms with Crippen molar-refractivity contribution >= 4 is 0 Å². The predicted octanol–water partition coefficient (Wildman–Crippen LogP) is 4.05. The van der Waals surface area contributed by atoms with E-state index in [0.29, 0.717) is 38.0 Å². The summed E-state index contributed by atoms with van der Waals surface area (Å²) in [7, 11) is 0. The van der Waals surface area contributed by atoms with Gasteiger partial charge in [-0.3, -0.25) is 0 Å². The van der Waals surface area contributed by atoms with Gasteiger partial charge in [0.1, 0.15) is 11.9 Å². The van der Waals surface area contributed by atoms with Gasteiger partial charge >= 0.3 is 6.18 Å². The molecule has 4 nitrogen and oxygen atoms in total. The quantitative estimate of drug-likeness (QED) is 0.782. The fourth-order valence-corrected chi connectivity index (χ4v) is 4.36. The van der Waals surface area contributed by atoms with Gasteiger partial charge in [-0.2, -0.15) is 13.2 Å². The Morgan fingerprint density at radius 3 is 2.43 bits per heavy atom. The van der Waals surface area contributed by atoms with Gasteiger partial charge in [-0.15, -0.1) is 0 Å². The van der Waals surface area contributed by atoms with Gasteiger partial charge in [0.25, 0.3) is 0 Å². The fraction of sp³-hybridized carbons (Fsp3) is 0.478. The highest BCUT2D eigenvalue weighted by atomic mass is 19.4. The van der Waals surface area contributed by atoms with Crippen LogP contribution in [-0.4, -0.2) is 40.9 Å². The van der Waals surface area contributed by atoms with Gasteiger partial charge in [-0.1, -0.05) is 18.2 Å². The molecule has 7 heteroatoms. The van der Waals surface area contributed by atoms with Crippen LogP contribution in [0.1, 0.15) is 48.1 Å². The summed E-state index contributed by atoms with van der Waals surface area (Å²) in [6.45, 7) is 3.57. The molecule has 0 spiro atoms. The van der Waals surface area contributed by atoms with E-state index in [1.807, 2.05) is 25.1 Å². The molecular weight excluding hydrogens is 395 g/mol. The molecule has 0 aliphatic carbocycles. The van der Waals surface area contributed by atoms with Crippen LogP contribution in [0.3, 0.4) is 0 Å². The normalized spacial score (nSPS) is 22.4. The highest BCUT2D eigenvalue weighted by molar-refractivity contribution is 5.41. The molecule has 1 saturated heterocycles. The molecular formula is C23H26F3NO3. The Hall–Kier alpha value is -2.09. The number of likely N-dealkylation sites (tertiary alicyclic amines) is 1. The molecule has 2 aliphatic rings. The Labute approximate surface area is 173 Å². The van der Waals surface area contributed by atoms with Gasteiger partial charge < -0.3 is 19.8 Å². The van der Waals surface area contributed by atoms with Crippen molar-refractivity contribution in [3.8, 4) is 5.75 Å². The van der Waals surface area contributed by atoms with Crippen LogP contribution in [0.4, 0.5) is 13.2 Å². The Morgan fingerprint density at radius 2 is 1.80 bits per heavy atom. The molecule has 2 N–H and O–H groups in total. The second-order valence-electron chi connectivity index (χ2n) is 8.42. The summed E-state index contributed by atoms with van der Waals surface area (Å²) in [6.07, 6.45) is -3.25. The van der Waals surface area contributed by atoms with Crippen LogP contribution in [0.25, 0.3) is 0 Å². The van der Waals surface area contributed by atoms with E-state index in [1.54, 1.807) is 0 Å². The average Bonchev–Trinajstić information content (AvgIpc) is 3.08. The zero-order chi connectivity index (χ0) is 21.5. The molecule has 0 saturated carbocycles. The molecule has 0 aromatic heterocycles. The van der Waals surface area contributed by atoms with E-state index in [0.717, 1.165) is 35.4 Å². The first-order valence-electron chi connectivity index (χ1n) is 10.2. The molecule has 0 bridgehead atoms. The first-order chi connectivity index (χ1) is 14.1. The lowest BCUT2D eigenvalue weighted by atomic mass is 9.84. The van der Waals surface area contributed by atoms with E-state index in [9.17, 15) is 23.4 Å². The second kappa shape index (κ2) is 7.87. The van der Waals surface area contributed by atoms with Crippen molar-refractivity contribution in [3.05, 3.63) is 64.7 Å². The van der Waals surface area contributed by atoms with E-state index in [4.69, 9.17) is 4.74 Å². The molecule has 2 aromatic rings. The maximum atomic E-state index is 12.8. The number of alkyl halides is 3. The molecule has 0 unspecified atom stereocenters. The Kier molecular flexibility index (Phi) is 5.55. The minimum Gasteiger partial charge on any atom is -0.490 e. The summed E-state index contributed by atoms with van der Waals surface area (Å²) < 4.78 is 44.0. The number of aliphatic hydroxyl groups excluding tert-OH is 1. The van der Waals surface area contributed by atoms with Crippen molar-refractivity contribution in [1.29, 1.82) is 0 Å². The molecule has 2 atom stereocenters. The van der Waals surface area contributed by atoms with Gasteiger partial charge in [0.2, 0.25) is 0 Å². The number of benzene rings is 2. The van der Waals surface area contributed by atoms with Crippen molar-refractivity contribution in [2.75, 3.05) is 19.6 Å². The van der Waals surface area contributed by atoms with E-state index in [-0.39, 0.29) is 6.10 Å². The fourth-order valence-electron chi connectivity index (χ4n) is 4.36. The smallest absolute Gasteiger partial charge is 0.416 e. The number of β-amino-alcohol motifs (C(OH)–C–C–N with tert-alkyl or cyclic N) is 1. The van der Waals surface area contributed by atoms with Gasteiger partial charge in [-0.05, 0) is 60.7 Å². The third kappa shape index (κ3) is 4.33. The standard InChI is InChI=1S/C23H26F3NO3/c1-15-12-17-13-16(2-7-21(17)30-15)20(28)14-27-10-8-22(29,9-11-27)18-3-5-19(6-4-18)23(24,25)26/h2-7,13,15,20,28-29H,8-12,14H2,1H3/t15-,20-/m1/s1. The van der Waals surface area contributed by atoms with Crippen molar-refractivity contribution < 1.29 is 28.1 Å². The highest BCUT2D eigenvalue weighted by Gasteiger charge is 2.36. The van der Waals surface area contributed by atoms with Crippen molar-refractivity contribution in [2.45, 2.75) is 50.2 Å². The monoisotopic (exact) mass is 421 g/mol. The number of ether oxygens (including phenoxy) is 1. The van der Waals surface area contributed by atoms with Crippen LogP contribution < -0.4 is 4.74 Å². The lowest BCUT2D eigenvalue weighted by Crippen LogP contribution is -2.44. The van der Waals surface area contributed by atoms with E-state index in [1.165, 1.54) is 12.1 Å². The maximum absolute atomic E-state index is 12.8. The maximum Gasteiger partial charge on any atom is 0.416 e. The highest BCUT2D eigenvalue weighted by Crippen LogP contribution is 2.36. The Morgan fingerprint density at radius 1 is 1.13 bits per heavy atom. The first-order valence-corrected chi connectivity index (χ1v) is 10.2. The molecule has 2 heterocycles. The largest absolute Gasteiger partial charge is 0.490 e. The van der Waals surface area contributed by atoms with Crippen LogP contribution >= 0.6 is 0 Å². The van der Waals surface area contributed by atoms with Gasteiger partial charge in [0.15, 0.2) is 0 Å². The summed E-state index contributed by atoms with van der Waals surface area (Å²) >= 11 is 0. The van der Waals surface area contributed by atoms with Crippen LogP contribution in [0.5, 0.6) is 5.75 Å². The zero-order valence-corrected chi connectivity index (χ0v) is 16.8. The van der Waals surface area contributed by atoms with Crippen LogP contribution in [0, 0.1) is 0 Å². The average molecular weight is 421 g/mol. The molecule has 2 aromatic carbocycles. The number of nitrogens with zero attached hydrogens (tertiary/aromatic N) is 1. The lowest BCUT2D eigenvalue weighted by Gasteiger charge is -2.39. The van der Waals surface area contributed by atoms with E-state index in [2.05, 4.69) is 4.90 Å². The number of hydrogen-bond donors (Lipinski definition) is 2. The minimum atomic E-state index is -4.39.